The number of esters is 1. The van der Waals surface area contributed by atoms with Crippen molar-refractivity contribution in [1.29, 1.82) is 5.26 Å². The largest absolute Gasteiger partial charge is 0.456 e. The van der Waals surface area contributed by atoms with E-state index in [0.717, 1.165) is 38.5 Å². The van der Waals surface area contributed by atoms with E-state index in [1.54, 1.807) is 12.1 Å². The molecule has 0 aliphatic carbocycles. The summed E-state index contributed by atoms with van der Waals surface area (Å²) in [5, 5.41) is 12.5. The number of ether oxygens (including phenoxy) is 1. The number of amides is 1. The van der Waals surface area contributed by atoms with E-state index in [1.807, 2.05) is 18.2 Å². The minimum Gasteiger partial charge on any atom is -0.456 e. The van der Waals surface area contributed by atoms with E-state index in [2.05, 4.69) is 57.6 Å². The van der Waals surface area contributed by atoms with Gasteiger partial charge in [0.1, 0.15) is 6.10 Å². The lowest BCUT2D eigenvalue weighted by Gasteiger charge is -2.37. The summed E-state index contributed by atoms with van der Waals surface area (Å²) in [5.74, 6) is -0.422. The van der Waals surface area contributed by atoms with Crippen LogP contribution in [-0.4, -0.2) is 54.0 Å². The number of unbranched alkanes of at least 4 members (excludes halogenated alkanes) is 26. The summed E-state index contributed by atoms with van der Waals surface area (Å²) in [4.78, 5) is 27.2. The fraction of sp³-hybridized carbons (Fsp3) is 0.827. The van der Waals surface area contributed by atoms with Crippen LogP contribution in [0, 0.1) is 11.3 Å². The smallest absolute Gasteiger partial charge is 0.338 e. The molecule has 1 rings (SSSR count). The minimum absolute atomic E-state index is 0.0336. The third kappa shape index (κ3) is 31.5. The first-order chi connectivity index (χ1) is 29.7. The van der Waals surface area contributed by atoms with Gasteiger partial charge in [0.15, 0.2) is 0 Å². The monoisotopic (exact) mass is 872 g/mol. The van der Waals surface area contributed by atoms with Gasteiger partial charge in [-0.3, -0.25) is 4.79 Å². The van der Waals surface area contributed by atoms with E-state index < -0.39 is 20.7 Å². The lowest BCUT2D eigenvalue weighted by atomic mass is 10.0. The van der Waals surface area contributed by atoms with Gasteiger partial charge in [-0.05, 0) is 59.1 Å². The first kappa shape index (κ1) is 57.0. The molecule has 0 radical (unpaired) electrons. The van der Waals surface area contributed by atoms with Crippen LogP contribution in [0.4, 0.5) is 0 Å². The minimum atomic E-state index is -1.53. The van der Waals surface area contributed by atoms with Crippen molar-refractivity contribution in [2.45, 2.75) is 265 Å². The fourth-order valence-electron chi connectivity index (χ4n) is 8.12. The molecule has 0 fully saturated rings. The topological polar surface area (TPSA) is 101 Å². The van der Waals surface area contributed by atoms with Gasteiger partial charge in [-0.2, -0.15) is 5.26 Å². The lowest BCUT2D eigenvalue weighted by molar-refractivity contribution is -0.123. The number of carbonyl (C=O) groups is 2. The maximum Gasteiger partial charge on any atom is 0.338 e. The van der Waals surface area contributed by atoms with E-state index >= 15 is 0 Å². The lowest BCUT2D eigenvalue weighted by Crippen LogP contribution is -2.48. The van der Waals surface area contributed by atoms with Crippen LogP contribution in [0.25, 0.3) is 0 Å². The molecule has 352 valence electrons. The zero-order valence-electron chi connectivity index (χ0n) is 40.4. The summed E-state index contributed by atoms with van der Waals surface area (Å²) >= 11 is 0. The molecule has 3 unspecified atom stereocenters. The Bertz CT molecular complexity index is 1190. The Morgan fingerprint density at radius 3 is 1.48 bits per heavy atom. The zero-order chi connectivity index (χ0) is 44.6. The van der Waals surface area contributed by atoms with Crippen LogP contribution in [0.1, 0.15) is 251 Å². The number of nitrogens with one attached hydrogen (secondary N) is 1. The van der Waals surface area contributed by atoms with E-state index in [1.165, 1.54) is 141 Å². The highest BCUT2D eigenvalue weighted by atomic mass is 31.2. The first-order valence-electron chi connectivity index (χ1n) is 25.5. The molecule has 0 saturated heterocycles. The van der Waals surface area contributed by atoms with Gasteiger partial charge in [-0.15, -0.1) is 0 Å². The third-order valence-corrected chi connectivity index (χ3v) is 13.8. The number of rotatable bonds is 43. The normalized spacial score (nSPS) is 13.1. The van der Waals surface area contributed by atoms with Gasteiger partial charge >= 0.3 is 5.97 Å². The molecule has 0 bridgehead atoms. The third-order valence-electron chi connectivity index (χ3n) is 11.7. The van der Waals surface area contributed by atoms with Gasteiger partial charge < -0.3 is 19.1 Å². The van der Waals surface area contributed by atoms with Crippen LogP contribution in [-0.2, 0) is 18.6 Å². The van der Waals surface area contributed by atoms with Crippen LogP contribution < -0.4 is 5.32 Å². The summed E-state index contributed by atoms with van der Waals surface area (Å²) in [6, 6.07) is 11.0. The van der Waals surface area contributed by atoms with Gasteiger partial charge in [0, 0.05) is 18.5 Å². The molecule has 0 aliphatic heterocycles. The molecule has 0 heterocycles. The van der Waals surface area contributed by atoms with Crippen LogP contribution in [0.2, 0.25) is 0 Å². The highest BCUT2D eigenvalue weighted by Crippen LogP contribution is 2.46. The zero-order valence-corrected chi connectivity index (χ0v) is 41.3. The molecular formula is C52H94N3O5P. The highest BCUT2D eigenvalue weighted by molar-refractivity contribution is 7.44. The van der Waals surface area contributed by atoms with E-state index in [-0.39, 0.29) is 43.6 Å². The fourth-order valence-corrected chi connectivity index (χ4v) is 9.75. The number of carbonyl (C=O) groups excluding carboxylic acids is 2. The molecule has 61 heavy (non-hydrogen) atoms. The van der Waals surface area contributed by atoms with Gasteiger partial charge in [0.05, 0.1) is 37.3 Å². The number of hydrogen-bond acceptors (Lipinski definition) is 7. The Kier molecular flexibility index (Phi) is 38.0. The predicted octanol–water partition coefficient (Wildman–Crippen LogP) is 15.7. The SMILES string of the molecule is CCCCCCCCCCCCCCCCCC(=O)NC(COP(OCCC#N)N(C(C)C)C(C)C)C(CCCCCCCCCCCCCCC)OC(=O)c1ccccc1. The average Bonchev–Trinajstić information content (AvgIpc) is 3.24. The van der Waals surface area contributed by atoms with Crippen molar-refractivity contribution in [3.8, 4) is 6.07 Å². The molecule has 1 amide bonds. The van der Waals surface area contributed by atoms with Crippen molar-refractivity contribution in [2.24, 2.45) is 0 Å². The van der Waals surface area contributed by atoms with E-state index in [0.29, 0.717) is 18.4 Å². The van der Waals surface area contributed by atoms with Crippen molar-refractivity contribution >= 4 is 20.4 Å². The standard InChI is InChI=1S/C52H94N3O5P/c1-7-9-11-13-15-17-19-21-22-24-26-28-30-32-37-42-51(56)54-49(45-59-61(58-44-38-43-53)55(46(3)4)47(5)6)50(60-52(57)48-39-34-33-35-40-48)41-36-31-29-27-25-23-20-18-16-14-12-10-8-2/h33-35,39-40,46-47,49-50H,7-32,36-38,41-42,44-45H2,1-6H3,(H,54,56). The summed E-state index contributed by atoms with van der Waals surface area (Å²) < 4.78 is 21.3. The Balaban J connectivity index is 2.88. The van der Waals surface area contributed by atoms with Crippen LogP contribution in [0.15, 0.2) is 30.3 Å². The van der Waals surface area contributed by atoms with Gasteiger partial charge in [-0.1, -0.05) is 199 Å². The molecule has 0 aromatic heterocycles. The number of hydrogen-bond donors (Lipinski definition) is 1. The molecule has 9 heteroatoms. The summed E-state index contributed by atoms with van der Waals surface area (Å²) in [6.07, 6.45) is 36.3. The molecular weight excluding hydrogens is 778 g/mol. The quantitative estimate of drug-likeness (QED) is 0.0396. The number of nitrogens with zero attached hydrogens (tertiary/aromatic N) is 2. The van der Waals surface area contributed by atoms with Crippen LogP contribution >= 0.6 is 8.53 Å². The molecule has 0 aliphatic rings. The van der Waals surface area contributed by atoms with Crippen molar-refractivity contribution in [2.75, 3.05) is 13.2 Å². The second-order valence-corrected chi connectivity index (χ2v) is 19.5. The van der Waals surface area contributed by atoms with Gasteiger partial charge in [0.25, 0.3) is 8.53 Å². The number of nitriles is 1. The first-order valence-corrected chi connectivity index (χ1v) is 26.6. The molecule has 0 spiro atoms. The van der Waals surface area contributed by atoms with Crippen molar-refractivity contribution in [3.05, 3.63) is 35.9 Å². The summed E-state index contributed by atoms with van der Waals surface area (Å²) in [5.41, 5.74) is 0.495. The molecule has 1 aromatic carbocycles. The molecule has 8 nitrogen and oxygen atoms in total. The Hall–Kier alpha value is -2.04. The Labute approximate surface area is 377 Å². The molecule has 3 atom stereocenters. The van der Waals surface area contributed by atoms with Crippen molar-refractivity contribution in [1.82, 2.24) is 9.99 Å². The highest BCUT2D eigenvalue weighted by Gasteiger charge is 2.32. The Morgan fingerprint density at radius 1 is 0.623 bits per heavy atom. The van der Waals surface area contributed by atoms with E-state index in [9.17, 15) is 14.9 Å². The maximum atomic E-state index is 13.7. The van der Waals surface area contributed by atoms with Gasteiger partial charge in [-0.25, -0.2) is 9.46 Å². The van der Waals surface area contributed by atoms with Crippen molar-refractivity contribution in [3.63, 3.8) is 0 Å². The molecule has 0 saturated carbocycles. The van der Waals surface area contributed by atoms with Crippen LogP contribution in [0.3, 0.4) is 0 Å². The summed E-state index contributed by atoms with van der Waals surface area (Å²) in [6.45, 7) is 13.4. The average molecular weight is 872 g/mol. The van der Waals surface area contributed by atoms with Crippen molar-refractivity contribution < 1.29 is 23.4 Å². The second-order valence-electron chi connectivity index (χ2n) is 18.1. The molecule has 1 aromatic rings. The van der Waals surface area contributed by atoms with Gasteiger partial charge in [0.2, 0.25) is 5.91 Å². The predicted molar refractivity (Wildman–Crippen MR) is 259 cm³/mol. The maximum absolute atomic E-state index is 13.7. The van der Waals surface area contributed by atoms with E-state index in [4.69, 9.17) is 13.8 Å². The second kappa shape index (κ2) is 40.7. The molecule has 1 N–H and O–H groups in total. The summed E-state index contributed by atoms with van der Waals surface area (Å²) in [7, 11) is -1.53. The van der Waals surface area contributed by atoms with Crippen LogP contribution in [0.5, 0.6) is 0 Å². The Morgan fingerprint density at radius 2 is 1.05 bits per heavy atom. The number of benzene rings is 1.